The SMILES string of the molecule is CCCn1nnc(CN)c1-c1ccc(C(F)(F)F)cc1. The molecule has 108 valence electrons. The first-order valence-corrected chi connectivity index (χ1v) is 6.27. The van der Waals surface area contributed by atoms with Crippen molar-refractivity contribution in [2.24, 2.45) is 5.73 Å². The third kappa shape index (κ3) is 2.82. The second-order valence-electron chi connectivity index (χ2n) is 4.39. The average molecular weight is 284 g/mol. The van der Waals surface area contributed by atoms with Crippen LogP contribution in [-0.2, 0) is 19.3 Å². The van der Waals surface area contributed by atoms with Gasteiger partial charge in [0.25, 0.3) is 0 Å². The summed E-state index contributed by atoms with van der Waals surface area (Å²) in [7, 11) is 0. The van der Waals surface area contributed by atoms with Crippen LogP contribution in [0.5, 0.6) is 0 Å². The molecule has 2 N–H and O–H groups in total. The van der Waals surface area contributed by atoms with E-state index < -0.39 is 11.7 Å². The van der Waals surface area contributed by atoms with Crippen LogP contribution in [0.1, 0.15) is 24.6 Å². The van der Waals surface area contributed by atoms with Gasteiger partial charge in [0.15, 0.2) is 0 Å². The van der Waals surface area contributed by atoms with Crippen molar-refractivity contribution in [2.45, 2.75) is 32.6 Å². The van der Waals surface area contributed by atoms with Gasteiger partial charge < -0.3 is 5.73 Å². The van der Waals surface area contributed by atoms with Crippen LogP contribution < -0.4 is 5.73 Å². The second-order valence-corrected chi connectivity index (χ2v) is 4.39. The second kappa shape index (κ2) is 5.62. The molecular formula is C13H15F3N4. The Morgan fingerprint density at radius 3 is 2.35 bits per heavy atom. The number of aryl methyl sites for hydroxylation is 1. The van der Waals surface area contributed by atoms with Gasteiger partial charge >= 0.3 is 6.18 Å². The molecule has 0 aliphatic carbocycles. The molecule has 0 aliphatic heterocycles. The molecule has 0 aliphatic rings. The molecule has 0 radical (unpaired) electrons. The standard InChI is InChI=1S/C13H15F3N4/c1-2-7-20-12(11(8-17)18-19-20)9-3-5-10(6-4-9)13(14,15)16/h3-6H,2,7-8,17H2,1H3. The van der Waals surface area contributed by atoms with Crippen molar-refractivity contribution in [3.63, 3.8) is 0 Å². The molecule has 0 saturated heterocycles. The van der Waals surface area contributed by atoms with E-state index in [0.717, 1.165) is 18.6 Å². The van der Waals surface area contributed by atoms with Crippen molar-refractivity contribution in [1.29, 1.82) is 0 Å². The molecule has 0 spiro atoms. The normalized spacial score (nSPS) is 11.8. The van der Waals surface area contributed by atoms with Gasteiger partial charge in [-0.1, -0.05) is 24.3 Å². The molecular weight excluding hydrogens is 269 g/mol. The summed E-state index contributed by atoms with van der Waals surface area (Å²) in [6.45, 7) is 2.82. The Bertz CT molecular complexity index is 572. The summed E-state index contributed by atoms with van der Waals surface area (Å²) in [4.78, 5) is 0. The minimum atomic E-state index is -4.34. The van der Waals surface area contributed by atoms with Gasteiger partial charge in [0.05, 0.1) is 11.3 Å². The smallest absolute Gasteiger partial charge is 0.325 e. The summed E-state index contributed by atoms with van der Waals surface area (Å²) < 4.78 is 39.3. The number of rotatable bonds is 4. The number of halogens is 3. The maximum absolute atomic E-state index is 12.6. The summed E-state index contributed by atoms with van der Waals surface area (Å²) in [5.74, 6) is 0. The molecule has 7 heteroatoms. The lowest BCUT2D eigenvalue weighted by molar-refractivity contribution is -0.137. The lowest BCUT2D eigenvalue weighted by Crippen LogP contribution is -2.06. The van der Waals surface area contributed by atoms with E-state index in [1.807, 2.05) is 6.92 Å². The van der Waals surface area contributed by atoms with Gasteiger partial charge in [-0.15, -0.1) is 5.10 Å². The Morgan fingerprint density at radius 1 is 1.20 bits per heavy atom. The van der Waals surface area contributed by atoms with Gasteiger partial charge in [-0.2, -0.15) is 13.2 Å². The van der Waals surface area contributed by atoms with Gasteiger partial charge in [-0.05, 0) is 18.6 Å². The third-order valence-corrected chi connectivity index (χ3v) is 2.92. The van der Waals surface area contributed by atoms with E-state index in [2.05, 4.69) is 10.3 Å². The first kappa shape index (κ1) is 14.5. The molecule has 0 atom stereocenters. The maximum atomic E-state index is 12.6. The monoisotopic (exact) mass is 284 g/mol. The Balaban J connectivity index is 2.43. The van der Waals surface area contributed by atoms with Crippen LogP contribution in [0, 0.1) is 0 Å². The zero-order valence-electron chi connectivity index (χ0n) is 11.0. The summed E-state index contributed by atoms with van der Waals surface area (Å²) in [6, 6.07) is 4.96. The molecule has 1 aromatic heterocycles. The highest BCUT2D eigenvalue weighted by Gasteiger charge is 2.30. The lowest BCUT2D eigenvalue weighted by Gasteiger charge is -2.09. The van der Waals surface area contributed by atoms with Crippen LogP contribution in [0.15, 0.2) is 24.3 Å². The Labute approximate surface area is 114 Å². The minimum Gasteiger partial charge on any atom is -0.325 e. The van der Waals surface area contributed by atoms with Gasteiger partial charge in [0.2, 0.25) is 0 Å². The fourth-order valence-electron chi connectivity index (χ4n) is 1.99. The van der Waals surface area contributed by atoms with Gasteiger partial charge in [0, 0.05) is 18.7 Å². The van der Waals surface area contributed by atoms with Crippen molar-refractivity contribution >= 4 is 0 Å². The number of benzene rings is 1. The Morgan fingerprint density at radius 2 is 1.85 bits per heavy atom. The van der Waals surface area contributed by atoms with Crippen LogP contribution in [-0.4, -0.2) is 15.0 Å². The molecule has 2 aromatic rings. The van der Waals surface area contributed by atoms with E-state index in [-0.39, 0.29) is 6.54 Å². The fraction of sp³-hybridized carbons (Fsp3) is 0.385. The maximum Gasteiger partial charge on any atom is 0.416 e. The van der Waals surface area contributed by atoms with Crippen molar-refractivity contribution < 1.29 is 13.2 Å². The molecule has 0 bridgehead atoms. The molecule has 1 heterocycles. The van der Waals surface area contributed by atoms with Crippen molar-refractivity contribution in [2.75, 3.05) is 0 Å². The largest absolute Gasteiger partial charge is 0.416 e. The van der Waals surface area contributed by atoms with E-state index in [1.165, 1.54) is 12.1 Å². The van der Waals surface area contributed by atoms with E-state index in [1.54, 1.807) is 4.68 Å². The van der Waals surface area contributed by atoms with Gasteiger partial charge in [0.1, 0.15) is 5.69 Å². The van der Waals surface area contributed by atoms with E-state index in [9.17, 15) is 13.2 Å². The van der Waals surface area contributed by atoms with E-state index in [4.69, 9.17) is 5.73 Å². The van der Waals surface area contributed by atoms with E-state index >= 15 is 0 Å². The highest BCUT2D eigenvalue weighted by molar-refractivity contribution is 5.62. The quantitative estimate of drug-likeness (QED) is 0.939. The number of nitrogens with zero attached hydrogens (tertiary/aromatic N) is 3. The Kier molecular flexibility index (Phi) is 4.08. The number of hydrogen-bond donors (Lipinski definition) is 1. The molecule has 0 fully saturated rings. The first-order chi connectivity index (χ1) is 9.47. The molecule has 0 saturated carbocycles. The highest BCUT2D eigenvalue weighted by Crippen LogP contribution is 2.31. The van der Waals surface area contributed by atoms with Crippen LogP contribution in [0.3, 0.4) is 0 Å². The van der Waals surface area contributed by atoms with Crippen LogP contribution in [0.25, 0.3) is 11.3 Å². The number of nitrogens with two attached hydrogens (primary N) is 1. The molecule has 0 amide bonds. The average Bonchev–Trinajstić information content (AvgIpc) is 2.81. The highest BCUT2D eigenvalue weighted by atomic mass is 19.4. The summed E-state index contributed by atoms with van der Waals surface area (Å²) in [5, 5.41) is 7.96. The van der Waals surface area contributed by atoms with E-state index in [0.29, 0.717) is 23.5 Å². The molecule has 4 nitrogen and oxygen atoms in total. The number of aromatic nitrogens is 3. The summed E-state index contributed by atoms with van der Waals surface area (Å²) in [6.07, 6.45) is -3.49. The van der Waals surface area contributed by atoms with Crippen LogP contribution in [0.2, 0.25) is 0 Å². The predicted molar refractivity (Wildman–Crippen MR) is 68.6 cm³/mol. The molecule has 20 heavy (non-hydrogen) atoms. The zero-order valence-corrected chi connectivity index (χ0v) is 11.0. The topological polar surface area (TPSA) is 56.7 Å². The Hall–Kier alpha value is -1.89. The van der Waals surface area contributed by atoms with Crippen molar-refractivity contribution in [3.8, 4) is 11.3 Å². The fourth-order valence-corrected chi connectivity index (χ4v) is 1.99. The third-order valence-electron chi connectivity index (χ3n) is 2.92. The summed E-state index contributed by atoms with van der Waals surface area (Å²) >= 11 is 0. The molecule has 0 unspecified atom stereocenters. The molecule has 1 aromatic carbocycles. The summed E-state index contributed by atoms with van der Waals surface area (Å²) in [5.41, 5.74) is 6.83. The first-order valence-electron chi connectivity index (χ1n) is 6.27. The predicted octanol–water partition coefficient (Wildman–Crippen LogP) is 2.83. The number of hydrogen-bond acceptors (Lipinski definition) is 3. The molecule has 2 rings (SSSR count). The van der Waals surface area contributed by atoms with Crippen molar-refractivity contribution in [3.05, 3.63) is 35.5 Å². The minimum absolute atomic E-state index is 0.195. The van der Waals surface area contributed by atoms with Gasteiger partial charge in [-0.3, -0.25) is 0 Å². The van der Waals surface area contributed by atoms with Crippen LogP contribution >= 0.6 is 0 Å². The lowest BCUT2D eigenvalue weighted by atomic mass is 10.1. The van der Waals surface area contributed by atoms with Crippen molar-refractivity contribution in [1.82, 2.24) is 15.0 Å². The zero-order chi connectivity index (χ0) is 14.8. The number of alkyl halides is 3. The van der Waals surface area contributed by atoms with Crippen LogP contribution in [0.4, 0.5) is 13.2 Å². The van der Waals surface area contributed by atoms with Gasteiger partial charge in [-0.25, -0.2) is 4.68 Å².